The van der Waals surface area contributed by atoms with E-state index in [2.05, 4.69) is 28.2 Å². The van der Waals surface area contributed by atoms with Crippen LogP contribution in [0, 0.1) is 0 Å². The van der Waals surface area contributed by atoms with Crippen molar-refractivity contribution in [2.75, 3.05) is 54.1 Å². The van der Waals surface area contributed by atoms with Gasteiger partial charge in [0.25, 0.3) is 5.91 Å². The minimum atomic E-state index is -4.42. The number of amides is 1. The Morgan fingerprint density at radius 1 is 1.03 bits per heavy atom. The molecule has 0 atom stereocenters. The van der Waals surface area contributed by atoms with Crippen molar-refractivity contribution in [2.24, 2.45) is 0 Å². The lowest BCUT2D eigenvalue weighted by Gasteiger charge is -2.17. The smallest absolute Gasteiger partial charge is 0.254 e. The van der Waals surface area contributed by atoms with Crippen LogP contribution in [0.15, 0.2) is 17.7 Å². The summed E-state index contributed by atoms with van der Waals surface area (Å²) in [6, 6.07) is 3.38. The quantitative estimate of drug-likeness (QED) is 0.0972. The molecule has 0 aromatic heterocycles. The van der Waals surface area contributed by atoms with E-state index < -0.39 is 10.4 Å². The molecule has 0 aliphatic heterocycles. The van der Waals surface area contributed by atoms with Gasteiger partial charge in [-0.05, 0) is 63.7 Å². The summed E-state index contributed by atoms with van der Waals surface area (Å²) in [5.41, 5.74) is 0.690. The number of ketones is 1. The molecule has 1 N–H and O–H groups in total. The number of ether oxygens (including phenoxy) is 3. The van der Waals surface area contributed by atoms with Crippen molar-refractivity contribution in [2.45, 2.75) is 34.1 Å². The van der Waals surface area contributed by atoms with Crippen molar-refractivity contribution < 1.29 is 41.0 Å². The third-order valence-corrected chi connectivity index (χ3v) is 5.24. The van der Waals surface area contributed by atoms with Gasteiger partial charge < -0.3 is 29.0 Å². The number of rotatable bonds is 14. The minimum Gasteiger partial charge on any atom is -0.726 e. The Balaban J connectivity index is 0.00000143. The molecule has 0 heterocycles. The van der Waals surface area contributed by atoms with Crippen molar-refractivity contribution in [3.63, 3.8) is 0 Å². The van der Waals surface area contributed by atoms with Gasteiger partial charge in [0, 0.05) is 6.54 Å². The minimum absolute atomic E-state index is 0.0807. The Bertz CT molecular complexity index is 917. The summed E-state index contributed by atoms with van der Waals surface area (Å²) in [7, 11) is 0.119. The summed E-state index contributed by atoms with van der Waals surface area (Å²) in [6.45, 7) is 10.3. The number of nitrogens with zero attached hydrogens (tertiary/aromatic N) is 1. The Kier molecular flexibility index (Phi) is 15.6. The number of benzene rings is 1. The standard InChI is InChI=1S/C21H32N2O5.C2H6O4S/c1-7-23(8-2)11-9-10-22-21(25)17(15(3)24)12-16-13-18(26-4)20(28-6)19(14-16)27-5;1-2-6-7(3,4)5/h12-14H,7-11H2,1-6H3,(H,22,25);2H2,1H3,(H,3,4,5)/p-1/b17-12-;. The van der Waals surface area contributed by atoms with Crippen LogP contribution in [0.2, 0.25) is 0 Å². The van der Waals surface area contributed by atoms with Crippen LogP contribution in [-0.2, 0) is 24.2 Å². The first-order valence-corrected chi connectivity index (χ1v) is 12.4. The van der Waals surface area contributed by atoms with E-state index in [1.54, 1.807) is 12.1 Å². The highest BCUT2D eigenvalue weighted by Gasteiger charge is 2.17. The van der Waals surface area contributed by atoms with Gasteiger partial charge in [-0.25, -0.2) is 8.42 Å². The van der Waals surface area contributed by atoms with Crippen LogP contribution in [0.3, 0.4) is 0 Å². The van der Waals surface area contributed by atoms with Gasteiger partial charge in [-0.15, -0.1) is 0 Å². The molecule has 35 heavy (non-hydrogen) atoms. The maximum atomic E-state index is 12.5. The number of carbonyl (C=O) groups is 2. The third-order valence-electron chi connectivity index (χ3n) is 4.72. The molecule has 11 nitrogen and oxygen atoms in total. The number of Topliss-reactive ketones (excluding diaryl/α,β-unsaturated/α-hetero) is 1. The lowest BCUT2D eigenvalue weighted by molar-refractivity contribution is -0.121. The highest BCUT2D eigenvalue weighted by molar-refractivity contribution is 7.80. The van der Waals surface area contributed by atoms with Gasteiger partial charge in [-0.3, -0.25) is 13.8 Å². The zero-order valence-electron chi connectivity index (χ0n) is 21.5. The molecular weight excluding hydrogens is 480 g/mol. The second-order valence-corrected chi connectivity index (χ2v) is 8.08. The van der Waals surface area contributed by atoms with E-state index in [-0.39, 0.29) is 23.9 Å². The molecule has 0 saturated heterocycles. The fraction of sp³-hybridized carbons (Fsp3) is 0.565. The van der Waals surface area contributed by atoms with E-state index in [0.29, 0.717) is 29.4 Å². The van der Waals surface area contributed by atoms with E-state index in [9.17, 15) is 22.6 Å². The summed E-state index contributed by atoms with van der Waals surface area (Å²) >= 11 is 0. The SMILES string of the molecule is CCN(CC)CCCNC(=O)/C(=C\c1cc(OC)c(OC)c(OC)c1)C(C)=O.CCOS(=O)(=O)[O-]. The zero-order valence-corrected chi connectivity index (χ0v) is 22.3. The molecule has 200 valence electrons. The van der Waals surface area contributed by atoms with E-state index in [0.717, 1.165) is 26.1 Å². The molecule has 1 rings (SSSR count). The summed E-state index contributed by atoms with van der Waals surface area (Å²) in [4.78, 5) is 26.8. The van der Waals surface area contributed by atoms with Gasteiger partial charge in [-0.2, -0.15) is 0 Å². The first kappa shape index (κ1) is 32.3. The number of carbonyl (C=O) groups excluding carboxylic acids is 2. The summed E-state index contributed by atoms with van der Waals surface area (Å²) < 4.78 is 47.9. The van der Waals surface area contributed by atoms with E-state index >= 15 is 0 Å². The molecule has 0 unspecified atom stereocenters. The van der Waals surface area contributed by atoms with Gasteiger partial charge in [0.05, 0.1) is 33.5 Å². The van der Waals surface area contributed by atoms with Crippen molar-refractivity contribution >= 4 is 28.2 Å². The molecule has 1 amide bonds. The summed E-state index contributed by atoms with van der Waals surface area (Å²) in [5.74, 6) is 0.662. The molecule has 0 fully saturated rings. The van der Waals surface area contributed by atoms with Gasteiger partial charge in [-0.1, -0.05) is 13.8 Å². The largest absolute Gasteiger partial charge is 0.726 e. The zero-order chi connectivity index (χ0) is 27.0. The average molecular weight is 518 g/mol. The second-order valence-electron chi connectivity index (χ2n) is 7.02. The van der Waals surface area contributed by atoms with Crippen LogP contribution in [0.1, 0.15) is 39.7 Å². The van der Waals surface area contributed by atoms with Gasteiger partial charge >= 0.3 is 0 Å². The van der Waals surface area contributed by atoms with Gasteiger partial charge in [0.15, 0.2) is 17.3 Å². The third kappa shape index (κ3) is 12.6. The maximum absolute atomic E-state index is 12.5. The predicted octanol–water partition coefficient (Wildman–Crippen LogP) is 2.02. The van der Waals surface area contributed by atoms with Crippen molar-refractivity contribution in [3.8, 4) is 17.2 Å². The topological polar surface area (TPSA) is 144 Å². The highest BCUT2D eigenvalue weighted by Crippen LogP contribution is 2.38. The fourth-order valence-corrected chi connectivity index (χ4v) is 3.25. The Hall–Kier alpha value is -2.67. The van der Waals surface area contributed by atoms with Crippen molar-refractivity contribution in [1.82, 2.24) is 10.2 Å². The van der Waals surface area contributed by atoms with Crippen LogP contribution >= 0.6 is 0 Å². The Morgan fingerprint density at radius 2 is 1.57 bits per heavy atom. The predicted molar refractivity (Wildman–Crippen MR) is 131 cm³/mol. The van der Waals surface area contributed by atoms with Gasteiger partial charge in [0.1, 0.15) is 0 Å². The molecule has 1 aromatic carbocycles. The average Bonchev–Trinajstić information content (AvgIpc) is 2.81. The molecule has 0 saturated carbocycles. The second kappa shape index (κ2) is 16.9. The highest BCUT2D eigenvalue weighted by atomic mass is 32.3. The Morgan fingerprint density at radius 3 is 1.91 bits per heavy atom. The van der Waals surface area contributed by atoms with E-state index in [4.69, 9.17) is 14.2 Å². The first-order chi connectivity index (χ1) is 16.5. The fourth-order valence-electron chi connectivity index (χ4n) is 2.96. The molecule has 0 aliphatic carbocycles. The normalized spacial score (nSPS) is 11.4. The molecule has 0 bridgehead atoms. The number of hydrogen-bond acceptors (Lipinski definition) is 10. The molecule has 0 spiro atoms. The number of hydrogen-bond donors (Lipinski definition) is 1. The monoisotopic (exact) mass is 517 g/mol. The summed E-state index contributed by atoms with van der Waals surface area (Å²) in [6.07, 6.45) is 2.36. The molecule has 1 aromatic rings. The molecule has 12 heteroatoms. The lowest BCUT2D eigenvalue weighted by Crippen LogP contribution is -2.31. The van der Waals surface area contributed by atoms with Crippen LogP contribution < -0.4 is 19.5 Å². The van der Waals surface area contributed by atoms with Crippen LogP contribution in [0.4, 0.5) is 0 Å². The molecule has 0 radical (unpaired) electrons. The van der Waals surface area contributed by atoms with Crippen LogP contribution in [0.5, 0.6) is 17.2 Å². The maximum Gasteiger partial charge on any atom is 0.254 e. The van der Waals surface area contributed by atoms with Gasteiger partial charge in [0.2, 0.25) is 16.1 Å². The van der Waals surface area contributed by atoms with Crippen molar-refractivity contribution in [3.05, 3.63) is 23.3 Å². The van der Waals surface area contributed by atoms with Crippen LogP contribution in [-0.4, -0.2) is 83.7 Å². The van der Waals surface area contributed by atoms with Crippen LogP contribution in [0.25, 0.3) is 6.08 Å². The molecule has 0 aliphatic rings. The number of methoxy groups -OCH3 is 3. The Labute approximate surface area is 208 Å². The lowest BCUT2D eigenvalue weighted by atomic mass is 10.1. The van der Waals surface area contributed by atoms with E-state index in [1.165, 1.54) is 41.3 Å². The molecular formula is C23H37N2O9S-. The van der Waals surface area contributed by atoms with E-state index in [1.807, 2.05) is 0 Å². The first-order valence-electron chi connectivity index (χ1n) is 11.1. The van der Waals surface area contributed by atoms with Crippen molar-refractivity contribution in [1.29, 1.82) is 0 Å². The number of nitrogens with one attached hydrogen (secondary N) is 1. The summed E-state index contributed by atoms with van der Waals surface area (Å²) in [5, 5.41) is 2.83.